The molecule has 0 saturated carbocycles. The quantitative estimate of drug-likeness (QED) is 0.758. The number of nitrogens with one attached hydrogen (secondary N) is 3. The van der Waals surface area contributed by atoms with Gasteiger partial charge in [0.05, 0.1) is 11.4 Å². The van der Waals surface area contributed by atoms with Crippen LogP contribution in [0.25, 0.3) is 0 Å². The molecule has 3 N–H and O–H groups in total. The fourth-order valence-electron chi connectivity index (χ4n) is 1.21. The summed E-state index contributed by atoms with van der Waals surface area (Å²) in [7, 11) is 0. The summed E-state index contributed by atoms with van der Waals surface area (Å²) in [5.74, 6) is 1.79. The lowest BCUT2D eigenvalue weighted by Gasteiger charge is -1.96. The normalized spacial score (nSPS) is 10.5. The van der Waals surface area contributed by atoms with Crippen LogP contribution in [0.2, 0.25) is 0 Å². The first-order valence-electron chi connectivity index (χ1n) is 5.07. The highest BCUT2D eigenvalue weighted by atomic mass is 32.2. The van der Waals surface area contributed by atoms with E-state index >= 15 is 0 Å². The smallest absolute Gasteiger partial charge is 0.302 e. The summed E-state index contributed by atoms with van der Waals surface area (Å²) in [5, 5.41) is 11.2. The van der Waals surface area contributed by atoms with Gasteiger partial charge in [-0.1, -0.05) is 0 Å². The molecule has 2 aromatic heterocycles. The number of rotatable bonds is 5. The molecule has 0 unspecified atom stereocenters. The molecule has 0 aliphatic heterocycles. The molecular formula is C9H11N5O2S2. The Kier molecular flexibility index (Phi) is 4.15. The minimum absolute atomic E-state index is 0.127. The van der Waals surface area contributed by atoms with E-state index in [4.69, 9.17) is 0 Å². The number of carbonyl (C=O) groups excluding carboxylic acids is 1. The average molecular weight is 285 g/mol. The molecule has 0 saturated heterocycles. The lowest BCUT2D eigenvalue weighted by atomic mass is 10.6. The molecule has 0 radical (unpaired) electrons. The molecule has 0 aromatic carbocycles. The van der Waals surface area contributed by atoms with Crippen LogP contribution in [0, 0.1) is 0 Å². The van der Waals surface area contributed by atoms with E-state index in [1.807, 2.05) is 5.38 Å². The van der Waals surface area contributed by atoms with Gasteiger partial charge in [-0.2, -0.15) is 5.10 Å². The van der Waals surface area contributed by atoms with E-state index in [-0.39, 0.29) is 11.6 Å². The van der Waals surface area contributed by atoms with Gasteiger partial charge >= 0.3 is 5.69 Å². The predicted octanol–water partition coefficient (Wildman–Crippen LogP) is 0.946. The lowest BCUT2D eigenvalue weighted by Crippen LogP contribution is -2.05. The third-order valence-corrected chi connectivity index (χ3v) is 3.66. The Morgan fingerprint density at radius 2 is 2.39 bits per heavy atom. The maximum Gasteiger partial charge on any atom is 0.340 e. The summed E-state index contributed by atoms with van der Waals surface area (Å²) in [6, 6.07) is 0. The largest absolute Gasteiger partial charge is 0.340 e. The van der Waals surface area contributed by atoms with Gasteiger partial charge in [-0.25, -0.2) is 14.9 Å². The van der Waals surface area contributed by atoms with Gasteiger partial charge in [0, 0.05) is 18.1 Å². The molecule has 0 fully saturated rings. The number of carbonyl (C=O) groups is 1. The van der Waals surface area contributed by atoms with Crippen LogP contribution in [0.1, 0.15) is 18.4 Å². The van der Waals surface area contributed by atoms with Crippen LogP contribution in [0.3, 0.4) is 0 Å². The van der Waals surface area contributed by atoms with Crippen molar-refractivity contribution in [1.29, 1.82) is 0 Å². The number of aromatic nitrogens is 4. The van der Waals surface area contributed by atoms with Gasteiger partial charge < -0.3 is 5.32 Å². The second-order valence-corrected chi connectivity index (χ2v) is 5.29. The van der Waals surface area contributed by atoms with E-state index in [0.717, 1.165) is 5.69 Å². The molecular weight excluding hydrogens is 274 g/mol. The van der Waals surface area contributed by atoms with Gasteiger partial charge in [-0.05, 0) is 0 Å². The number of nitrogens with zero attached hydrogens (tertiary/aromatic N) is 2. The van der Waals surface area contributed by atoms with Crippen LogP contribution < -0.4 is 11.0 Å². The van der Waals surface area contributed by atoms with Crippen molar-refractivity contribution in [3.63, 3.8) is 0 Å². The van der Waals surface area contributed by atoms with Crippen molar-refractivity contribution in [2.24, 2.45) is 0 Å². The first-order valence-corrected chi connectivity index (χ1v) is 7.10. The minimum atomic E-state index is -0.299. The molecule has 0 bridgehead atoms. The van der Waals surface area contributed by atoms with Crippen molar-refractivity contribution in [2.45, 2.75) is 18.4 Å². The van der Waals surface area contributed by atoms with E-state index in [2.05, 4.69) is 25.5 Å². The summed E-state index contributed by atoms with van der Waals surface area (Å²) < 4.78 is 0. The topological polar surface area (TPSA) is 104 Å². The number of amides is 1. The van der Waals surface area contributed by atoms with Crippen LogP contribution in [-0.4, -0.2) is 26.1 Å². The molecule has 2 aromatic rings. The highest BCUT2D eigenvalue weighted by molar-refractivity contribution is 7.97. The maximum atomic E-state index is 10.8. The van der Waals surface area contributed by atoms with E-state index in [1.54, 1.807) is 11.8 Å². The molecule has 0 spiro atoms. The summed E-state index contributed by atoms with van der Waals surface area (Å²) in [5.41, 5.74) is 0.596. The zero-order valence-electron chi connectivity index (χ0n) is 9.52. The van der Waals surface area contributed by atoms with Gasteiger partial charge in [-0.3, -0.25) is 9.78 Å². The van der Waals surface area contributed by atoms with Crippen molar-refractivity contribution in [2.75, 3.05) is 5.32 Å². The Bertz CT molecular complexity index is 588. The number of H-pyrrole nitrogens is 2. The molecule has 9 heteroatoms. The first-order chi connectivity index (χ1) is 8.63. The Morgan fingerprint density at radius 1 is 1.56 bits per heavy atom. The van der Waals surface area contributed by atoms with E-state index in [9.17, 15) is 9.59 Å². The van der Waals surface area contributed by atoms with Crippen LogP contribution >= 0.6 is 23.1 Å². The van der Waals surface area contributed by atoms with Crippen molar-refractivity contribution in [3.05, 3.63) is 27.4 Å². The summed E-state index contributed by atoms with van der Waals surface area (Å²) >= 11 is 2.98. The van der Waals surface area contributed by atoms with E-state index < -0.39 is 0 Å². The van der Waals surface area contributed by atoms with Crippen LogP contribution in [-0.2, 0) is 16.3 Å². The van der Waals surface area contributed by atoms with E-state index in [1.165, 1.54) is 18.3 Å². The molecule has 1 amide bonds. The van der Waals surface area contributed by atoms with Crippen LogP contribution in [0.15, 0.2) is 10.2 Å². The van der Waals surface area contributed by atoms with Crippen molar-refractivity contribution in [3.8, 4) is 0 Å². The van der Waals surface area contributed by atoms with Crippen molar-refractivity contribution in [1.82, 2.24) is 20.2 Å². The lowest BCUT2D eigenvalue weighted by molar-refractivity contribution is -0.114. The second-order valence-electron chi connectivity index (χ2n) is 3.44. The maximum absolute atomic E-state index is 10.8. The average Bonchev–Trinajstić information content (AvgIpc) is 2.88. The standard InChI is InChI=1S/C9H11N5O2S2/c1-5(15)10-9-11-6(3-18-9)2-17-4-7-12-8(16)14-13-7/h3H,2,4H2,1H3,(H,10,11,15)(H2,12,13,14,16). The summed E-state index contributed by atoms with van der Waals surface area (Å²) in [4.78, 5) is 28.5. The summed E-state index contributed by atoms with van der Waals surface area (Å²) in [6.07, 6.45) is 0. The Labute approximate surface area is 110 Å². The van der Waals surface area contributed by atoms with Gasteiger partial charge in [0.15, 0.2) is 5.13 Å². The number of hydrogen-bond donors (Lipinski definition) is 3. The third-order valence-electron chi connectivity index (χ3n) is 1.87. The summed E-state index contributed by atoms with van der Waals surface area (Å²) in [6.45, 7) is 1.45. The van der Waals surface area contributed by atoms with Gasteiger partial charge in [0.2, 0.25) is 5.91 Å². The van der Waals surface area contributed by atoms with Crippen molar-refractivity contribution < 1.29 is 4.79 Å². The number of thioether (sulfide) groups is 1. The molecule has 96 valence electrons. The zero-order chi connectivity index (χ0) is 13.0. The third kappa shape index (κ3) is 3.70. The zero-order valence-corrected chi connectivity index (χ0v) is 11.2. The molecule has 2 heterocycles. The second kappa shape index (κ2) is 5.83. The highest BCUT2D eigenvalue weighted by Crippen LogP contribution is 2.20. The number of anilines is 1. The fourth-order valence-corrected chi connectivity index (χ4v) is 2.86. The highest BCUT2D eigenvalue weighted by Gasteiger charge is 2.04. The first kappa shape index (κ1) is 12.8. The molecule has 0 aliphatic carbocycles. The van der Waals surface area contributed by atoms with Crippen LogP contribution in [0.5, 0.6) is 0 Å². The number of thiazole rings is 1. The Balaban J connectivity index is 1.81. The Morgan fingerprint density at radius 3 is 3.06 bits per heavy atom. The van der Waals surface area contributed by atoms with Crippen LogP contribution in [0.4, 0.5) is 5.13 Å². The molecule has 0 aliphatic rings. The SMILES string of the molecule is CC(=O)Nc1nc(CSCc2n[nH]c(=O)[nH]2)cs1. The van der Waals surface area contributed by atoms with Gasteiger partial charge in [0.25, 0.3) is 0 Å². The molecule has 7 nitrogen and oxygen atoms in total. The number of hydrogen-bond acceptors (Lipinski definition) is 6. The monoisotopic (exact) mass is 285 g/mol. The van der Waals surface area contributed by atoms with Gasteiger partial charge in [0.1, 0.15) is 5.82 Å². The molecule has 18 heavy (non-hydrogen) atoms. The van der Waals surface area contributed by atoms with Crippen molar-refractivity contribution >= 4 is 34.1 Å². The van der Waals surface area contributed by atoms with E-state index in [0.29, 0.717) is 22.5 Å². The molecule has 0 atom stereocenters. The molecule has 2 rings (SSSR count). The van der Waals surface area contributed by atoms with Gasteiger partial charge in [-0.15, -0.1) is 23.1 Å². The predicted molar refractivity (Wildman–Crippen MR) is 70.6 cm³/mol. The Hall–Kier alpha value is -1.61. The number of aromatic amines is 2. The fraction of sp³-hybridized carbons (Fsp3) is 0.333. The minimum Gasteiger partial charge on any atom is -0.302 e.